The number of rotatable bonds is 2. The minimum Gasteiger partial charge on any atom is -0.258 e. The van der Waals surface area contributed by atoms with Crippen molar-refractivity contribution in [3.63, 3.8) is 0 Å². The number of hydrogen-bond donors (Lipinski definition) is 1. The average Bonchev–Trinajstić information content (AvgIpc) is 2.30. The smallest absolute Gasteiger partial charge is 0.258 e. The Morgan fingerprint density at radius 2 is 1.81 bits per heavy atom. The molecule has 0 aliphatic carbocycles. The number of non-ortho nitro benzene ring substituents is 1. The van der Waals surface area contributed by atoms with Crippen LogP contribution in [0.2, 0.25) is 0 Å². The predicted octanol–water partition coefficient (Wildman–Crippen LogP) is 2.62. The predicted molar refractivity (Wildman–Crippen MR) is 65.6 cm³/mol. The van der Waals surface area contributed by atoms with Gasteiger partial charge in [0.2, 0.25) is 0 Å². The number of nitro benzene ring substituents is 1. The van der Waals surface area contributed by atoms with Crippen LogP contribution in [0, 0.1) is 10.1 Å². The van der Waals surface area contributed by atoms with Crippen LogP contribution in [0.1, 0.15) is 24.3 Å². The van der Waals surface area contributed by atoms with Crippen LogP contribution in [-0.2, 0) is 0 Å². The molecule has 1 aliphatic heterocycles. The summed E-state index contributed by atoms with van der Waals surface area (Å²) in [4.78, 5) is 10.2. The van der Waals surface area contributed by atoms with Crippen molar-refractivity contribution in [1.29, 1.82) is 0 Å². The van der Waals surface area contributed by atoms with Gasteiger partial charge in [-0.3, -0.25) is 14.4 Å². The van der Waals surface area contributed by atoms with E-state index in [9.17, 15) is 10.1 Å². The fourth-order valence-corrected chi connectivity index (χ4v) is 2.30. The molecular weight excluding hydrogens is 224 g/mol. The van der Waals surface area contributed by atoms with Crippen LogP contribution < -0.4 is 0 Å². The van der Waals surface area contributed by atoms with E-state index in [2.05, 4.69) is 12.8 Å². The molecule has 5 heteroatoms. The highest BCUT2D eigenvalue weighted by Crippen LogP contribution is 2.29. The summed E-state index contributed by atoms with van der Waals surface area (Å²) in [5.74, 6) is 0.518. The van der Waals surface area contributed by atoms with Gasteiger partial charge in [-0.05, 0) is 24.3 Å². The summed E-state index contributed by atoms with van der Waals surface area (Å²) in [6.07, 6.45) is 2.14. The molecule has 0 bridgehead atoms. The SMILES string of the molecule is O=[N+]([O-])c1ccc(C2CCN(S)CC2)cc1. The van der Waals surface area contributed by atoms with E-state index < -0.39 is 0 Å². The summed E-state index contributed by atoms with van der Waals surface area (Å²) in [6.45, 7) is 1.95. The van der Waals surface area contributed by atoms with Gasteiger partial charge < -0.3 is 0 Å². The molecule has 2 rings (SSSR count). The second kappa shape index (κ2) is 4.84. The zero-order valence-electron chi connectivity index (χ0n) is 8.87. The molecule has 0 saturated carbocycles. The number of piperidine rings is 1. The molecule has 1 aromatic carbocycles. The first-order valence-electron chi connectivity index (χ1n) is 5.35. The minimum absolute atomic E-state index is 0.162. The molecule has 86 valence electrons. The Hall–Kier alpha value is -1.07. The van der Waals surface area contributed by atoms with Gasteiger partial charge >= 0.3 is 0 Å². The van der Waals surface area contributed by atoms with Crippen LogP contribution in [0.3, 0.4) is 0 Å². The molecule has 0 spiro atoms. The van der Waals surface area contributed by atoms with Crippen molar-refractivity contribution in [2.45, 2.75) is 18.8 Å². The summed E-state index contributed by atoms with van der Waals surface area (Å²) in [5, 5.41) is 10.5. The lowest BCUT2D eigenvalue weighted by molar-refractivity contribution is -0.384. The van der Waals surface area contributed by atoms with Crippen molar-refractivity contribution in [2.75, 3.05) is 13.1 Å². The zero-order valence-corrected chi connectivity index (χ0v) is 9.77. The number of thiol groups is 1. The van der Waals surface area contributed by atoms with Crippen LogP contribution >= 0.6 is 12.8 Å². The Labute approximate surface area is 100.0 Å². The van der Waals surface area contributed by atoms with Crippen LogP contribution in [0.5, 0.6) is 0 Å². The topological polar surface area (TPSA) is 46.4 Å². The minimum atomic E-state index is -0.361. The van der Waals surface area contributed by atoms with E-state index in [0.717, 1.165) is 25.9 Å². The third-order valence-corrected chi connectivity index (χ3v) is 3.45. The maximum absolute atomic E-state index is 10.5. The zero-order chi connectivity index (χ0) is 11.5. The van der Waals surface area contributed by atoms with Crippen molar-refractivity contribution < 1.29 is 4.92 Å². The maximum Gasteiger partial charge on any atom is 0.269 e. The summed E-state index contributed by atoms with van der Waals surface area (Å²) >= 11 is 4.30. The molecular formula is C11H14N2O2S. The third-order valence-electron chi connectivity index (χ3n) is 3.05. The lowest BCUT2D eigenvalue weighted by Crippen LogP contribution is -2.25. The summed E-state index contributed by atoms with van der Waals surface area (Å²) in [5.41, 5.74) is 1.36. The second-order valence-corrected chi connectivity index (χ2v) is 4.64. The number of nitro groups is 1. The Morgan fingerprint density at radius 3 is 2.31 bits per heavy atom. The van der Waals surface area contributed by atoms with Crippen LogP contribution in [-0.4, -0.2) is 22.3 Å². The number of hydrogen-bond acceptors (Lipinski definition) is 4. The highest BCUT2D eigenvalue weighted by atomic mass is 32.1. The molecule has 1 aromatic rings. The number of nitrogens with zero attached hydrogens (tertiary/aromatic N) is 2. The molecule has 1 heterocycles. The molecule has 0 aromatic heterocycles. The average molecular weight is 238 g/mol. The second-order valence-electron chi connectivity index (χ2n) is 4.08. The fourth-order valence-electron chi connectivity index (χ4n) is 2.07. The van der Waals surface area contributed by atoms with Crippen molar-refractivity contribution in [3.05, 3.63) is 39.9 Å². The van der Waals surface area contributed by atoms with E-state index >= 15 is 0 Å². The normalized spacial score (nSPS) is 18.6. The monoisotopic (exact) mass is 238 g/mol. The van der Waals surface area contributed by atoms with E-state index in [0.29, 0.717) is 5.92 Å². The van der Waals surface area contributed by atoms with Crippen molar-refractivity contribution >= 4 is 18.5 Å². The van der Waals surface area contributed by atoms with E-state index in [4.69, 9.17) is 0 Å². The third kappa shape index (κ3) is 2.54. The first kappa shape index (κ1) is 11.4. The van der Waals surface area contributed by atoms with E-state index in [1.165, 1.54) is 5.56 Å². The molecule has 0 atom stereocenters. The van der Waals surface area contributed by atoms with Crippen molar-refractivity contribution in [3.8, 4) is 0 Å². The number of benzene rings is 1. The molecule has 1 fully saturated rings. The molecule has 1 saturated heterocycles. The first-order valence-corrected chi connectivity index (χ1v) is 5.75. The van der Waals surface area contributed by atoms with Crippen LogP contribution in [0.15, 0.2) is 24.3 Å². The molecule has 0 amide bonds. The van der Waals surface area contributed by atoms with Gasteiger partial charge in [0.25, 0.3) is 5.69 Å². The summed E-state index contributed by atoms with van der Waals surface area (Å²) in [7, 11) is 0. The fraction of sp³-hybridized carbons (Fsp3) is 0.455. The lowest BCUT2D eigenvalue weighted by atomic mass is 9.90. The van der Waals surface area contributed by atoms with Crippen molar-refractivity contribution in [1.82, 2.24) is 4.31 Å². The van der Waals surface area contributed by atoms with E-state index in [-0.39, 0.29) is 10.6 Å². The van der Waals surface area contributed by atoms with Crippen molar-refractivity contribution in [2.24, 2.45) is 0 Å². The largest absolute Gasteiger partial charge is 0.269 e. The summed E-state index contributed by atoms with van der Waals surface area (Å²) in [6, 6.07) is 6.92. The highest BCUT2D eigenvalue weighted by Gasteiger charge is 2.19. The van der Waals surface area contributed by atoms with Gasteiger partial charge in [-0.25, -0.2) is 0 Å². The Morgan fingerprint density at radius 1 is 1.25 bits per heavy atom. The van der Waals surface area contributed by atoms with E-state index in [1.54, 1.807) is 12.1 Å². The maximum atomic E-state index is 10.5. The Bertz CT molecular complexity index is 372. The molecule has 16 heavy (non-hydrogen) atoms. The van der Waals surface area contributed by atoms with Gasteiger partial charge in [0.05, 0.1) is 4.92 Å². The Kier molecular flexibility index (Phi) is 3.46. The molecule has 0 N–H and O–H groups in total. The van der Waals surface area contributed by atoms with Crippen LogP contribution in [0.25, 0.3) is 0 Å². The van der Waals surface area contributed by atoms with Gasteiger partial charge in [0.15, 0.2) is 0 Å². The molecule has 4 nitrogen and oxygen atoms in total. The van der Waals surface area contributed by atoms with Crippen LogP contribution in [0.4, 0.5) is 5.69 Å². The molecule has 0 radical (unpaired) electrons. The quantitative estimate of drug-likeness (QED) is 0.489. The van der Waals surface area contributed by atoms with E-state index in [1.807, 2.05) is 16.4 Å². The summed E-state index contributed by atoms with van der Waals surface area (Å²) < 4.78 is 2.02. The highest BCUT2D eigenvalue weighted by molar-refractivity contribution is 7.77. The Balaban J connectivity index is 2.07. The van der Waals surface area contributed by atoms with Gasteiger partial charge in [0.1, 0.15) is 0 Å². The molecule has 1 aliphatic rings. The first-order chi connectivity index (χ1) is 7.66. The lowest BCUT2D eigenvalue weighted by Gasteiger charge is -2.28. The molecule has 0 unspecified atom stereocenters. The van der Waals surface area contributed by atoms with Gasteiger partial charge in [-0.15, -0.1) is 0 Å². The van der Waals surface area contributed by atoms with Gasteiger partial charge in [-0.1, -0.05) is 24.9 Å². The van der Waals surface area contributed by atoms with Gasteiger partial charge in [0, 0.05) is 25.2 Å². The van der Waals surface area contributed by atoms with Gasteiger partial charge in [-0.2, -0.15) is 0 Å². The standard InChI is InChI=1S/C11H14N2O2S/c14-13(15)11-3-1-9(2-4-11)10-5-7-12(16)8-6-10/h1-4,10,16H,5-8H2.